The second kappa shape index (κ2) is 12.7. The van der Waals surface area contributed by atoms with Crippen molar-refractivity contribution in [3.8, 4) is 33.9 Å². The fourth-order valence-electron chi connectivity index (χ4n) is 3.91. The molecule has 10 heteroatoms. The first-order chi connectivity index (χ1) is 17.3. The van der Waals surface area contributed by atoms with Gasteiger partial charge in [0.1, 0.15) is 11.5 Å². The van der Waals surface area contributed by atoms with E-state index < -0.39 is 0 Å². The number of carbonyl (C=O) groups excluding carboxylic acids is 1. The Morgan fingerprint density at radius 2 is 1.75 bits per heavy atom. The monoisotopic (exact) mass is 515 g/mol. The number of aromatic nitrogens is 1. The van der Waals surface area contributed by atoms with Crippen LogP contribution in [0.3, 0.4) is 0 Å². The highest BCUT2D eigenvalue weighted by Gasteiger charge is 2.26. The highest BCUT2D eigenvalue weighted by Crippen LogP contribution is 2.42. The first-order valence-corrected chi connectivity index (χ1v) is 12.4. The summed E-state index contributed by atoms with van der Waals surface area (Å²) in [5, 5.41) is 27.0. The molecule has 1 saturated heterocycles. The molecule has 194 valence electrons. The minimum Gasteiger partial charge on any atom is -0.507 e. The molecule has 0 bridgehead atoms. The van der Waals surface area contributed by atoms with E-state index in [1.807, 2.05) is 38.1 Å². The summed E-state index contributed by atoms with van der Waals surface area (Å²) in [7, 11) is 2.13. The summed E-state index contributed by atoms with van der Waals surface area (Å²) >= 11 is 6.07. The smallest absolute Gasteiger partial charge is 0.274 e. The number of hydrogen-bond donors (Lipinski definition) is 4. The third-order valence-electron chi connectivity index (χ3n) is 5.80. The van der Waals surface area contributed by atoms with Crippen LogP contribution in [-0.4, -0.2) is 77.4 Å². The number of phenols is 2. The third kappa shape index (κ3) is 6.55. The molecule has 0 unspecified atom stereocenters. The largest absolute Gasteiger partial charge is 0.507 e. The summed E-state index contributed by atoms with van der Waals surface area (Å²) in [5.74, 6) is -0.671. The van der Waals surface area contributed by atoms with Gasteiger partial charge in [-0.1, -0.05) is 47.9 Å². The average Bonchev–Trinajstić information content (AvgIpc) is 3.29. The van der Waals surface area contributed by atoms with Crippen LogP contribution in [-0.2, 0) is 6.54 Å². The first-order valence-electron chi connectivity index (χ1n) is 12.0. The Labute approximate surface area is 216 Å². The highest BCUT2D eigenvalue weighted by atomic mass is 35.5. The third-order valence-corrected chi connectivity index (χ3v) is 6.10. The van der Waals surface area contributed by atoms with Gasteiger partial charge in [0.05, 0.1) is 16.1 Å². The summed E-state index contributed by atoms with van der Waals surface area (Å²) in [5.41, 5.74) is 7.53. The van der Waals surface area contributed by atoms with E-state index in [1.165, 1.54) is 6.07 Å². The fourth-order valence-corrected chi connectivity index (χ4v) is 4.08. The van der Waals surface area contributed by atoms with Crippen LogP contribution in [0.4, 0.5) is 0 Å². The summed E-state index contributed by atoms with van der Waals surface area (Å²) in [6.07, 6.45) is 0. The molecule has 1 aliphatic heterocycles. The van der Waals surface area contributed by atoms with Crippen molar-refractivity contribution < 1.29 is 19.5 Å². The molecule has 0 spiro atoms. The normalized spacial score (nSPS) is 14.2. The Kier molecular flexibility index (Phi) is 9.72. The van der Waals surface area contributed by atoms with Gasteiger partial charge in [-0.3, -0.25) is 9.69 Å². The van der Waals surface area contributed by atoms with Gasteiger partial charge >= 0.3 is 0 Å². The molecule has 0 aliphatic carbocycles. The zero-order chi connectivity index (χ0) is 26.2. The van der Waals surface area contributed by atoms with Gasteiger partial charge in [0.15, 0.2) is 11.5 Å². The van der Waals surface area contributed by atoms with Crippen LogP contribution in [0, 0.1) is 0 Å². The van der Waals surface area contributed by atoms with Gasteiger partial charge in [0, 0.05) is 45.3 Å². The summed E-state index contributed by atoms with van der Waals surface area (Å²) < 4.78 is 5.52. The molecule has 0 atom stereocenters. The molecule has 1 fully saturated rings. The first kappa shape index (κ1) is 27.5. The Morgan fingerprint density at radius 1 is 1.11 bits per heavy atom. The molecular formula is C26H34ClN5O4. The number of nitrogens with two attached hydrogens (primary N) is 1. The number of carbonyl (C=O) groups is 1. The van der Waals surface area contributed by atoms with Crippen molar-refractivity contribution in [3.05, 3.63) is 52.7 Å². The van der Waals surface area contributed by atoms with E-state index in [0.29, 0.717) is 12.1 Å². The molecule has 1 aromatic heterocycles. The molecule has 1 amide bonds. The molecule has 9 nitrogen and oxygen atoms in total. The Bertz CT molecular complexity index is 1160. The zero-order valence-electron chi connectivity index (χ0n) is 20.9. The molecule has 0 saturated carbocycles. The van der Waals surface area contributed by atoms with Gasteiger partial charge in [-0.25, -0.2) is 0 Å². The maximum absolute atomic E-state index is 12.7. The van der Waals surface area contributed by atoms with Crippen LogP contribution in [0.15, 0.2) is 40.9 Å². The lowest BCUT2D eigenvalue weighted by Crippen LogP contribution is -2.43. The summed E-state index contributed by atoms with van der Waals surface area (Å²) in [4.78, 5) is 17.4. The van der Waals surface area contributed by atoms with E-state index in [0.717, 1.165) is 56.5 Å². The molecule has 1 aliphatic rings. The highest BCUT2D eigenvalue weighted by molar-refractivity contribution is 6.32. The second-order valence-electron chi connectivity index (χ2n) is 8.60. The van der Waals surface area contributed by atoms with Crippen molar-refractivity contribution in [2.45, 2.75) is 20.4 Å². The Morgan fingerprint density at radius 3 is 2.36 bits per heavy atom. The minimum absolute atomic E-state index is 0.0484. The van der Waals surface area contributed by atoms with E-state index in [1.54, 1.807) is 0 Å². The van der Waals surface area contributed by atoms with E-state index in [2.05, 4.69) is 27.3 Å². The number of nitrogens with zero attached hydrogens (tertiary/aromatic N) is 3. The number of rotatable bonds is 6. The number of piperazine rings is 1. The van der Waals surface area contributed by atoms with Gasteiger partial charge in [-0.05, 0) is 37.7 Å². The van der Waals surface area contributed by atoms with Gasteiger partial charge in [0.25, 0.3) is 5.91 Å². The standard InChI is InChI=1S/C24H27ClN4O4.C2H7N/c1-3-26-24(32)22-21(23(33-27-22)17-12-18(25)20(31)13-19(17)30)16-6-4-15(5-7-16)14-29-10-8-28(2)9-11-29;1-2-3/h4-7,12-13,30-31H,3,8-11,14H2,1-2H3,(H,26,32);2-3H2,1H3. The minimum atomic E-state index is -0.381. The lowest BCUT2D eigenvalue weighted by Gasteiger charge is -2.32. The van der Waals surface area contributed by atoms with Crippen molar-refractivity contribution in [2.75, 3.05) is 46.3 Å². The summed E-state index contributed by atoms with van der Waals surface area (Å²) in [6, 6.07) is 10.4. The van der Waals surface area contributed by atoms with Crippen molar-refractivity contribution in [2.24, 2.45) is 5.73 Å². The quantitative estimate of drug-likeness (QED) is 0.392. The van der Waals surface area contributed by atoms with E-state index in [4.69, 9.17) is 21.9 Å². The van der Waals surface area contributed by atoms with Crippen LogP contribution in [0.25, 0.3) is 22.5 Å². The van der Waals surface area contributed by atoms with Crippen LogP contribution >= 0.6 is 11.6 Å². The molecule has 0 radical (unpaired) electrons. The lowest BCUT2D eigenvalue weighted by molar-refractivity contribution is 0.0947. The number of halogens is 1. The van der Waals surface area contributed by atoms with Crippen LogP contribution in [0.2, 0.25) is 5.02 Å². The number of nitrogens with one attached hydrogen (secondary N) is 1. The number of phenolic OH excluding ortho intramolecular Hbond substituents is 2. The predicted molar refractivity (Wildman–Crippen MR) is 141 cm³/mol. The second-order valence-corrected chi connectivity index (χ2v) is 9.01. The van der Waals surface area contributed by atoms with E-state index in [9.17, 15) is 15.0 Å². The predicted octanol–water partition coefficient (Wildman–Crippen LogP) is 3.54. The number of amides is 1. The molecule has 3 aromatic rings. The van der Waals surface area contributed by atoms with Crippen molar-refractivity contribution >= 4 is 17.5 Å². The molecule has 5 N–H and O–H groups in total. The van der Waals surface area contributed by atoms with Gasteiger partial charge in [-0.2, -0.15) is 0 Å². The van der Waals surface area contributed by atoms with Crippen LogP contribution < -0.4 is 11.1 Å². The Balaban J connectivity index is 0.00000115. The maximum Gasteiger partial charge on any atom is 0.274 e. The van der Waals surface area contributed by atoms with Gasteiger partial charge < -0.3 is 30.7 Å². The van der Waals surface area contributed by atoms with Crippen LogP contribution in [0.5, 0.6) is 11.5 Å². The SMILES string of the molecule is CCN.CCNC(=O)c1noc(-c2cc(Cl)c(O)cc2O)c1-c1ccc(CN2CCN(C)CC2)cc1. The van der Waals surface area contributed by atoms with Gasteiger partial charge in [0.2, 0.25) is 0 Å². The van der Waals surface area contributed by atoms with E-state index >= 15 is 0 Å². The molecule has 4 rings (SSSR count). The number of benzene rings is 2. The average molecular weight is 516 g/mol. The topological polar surface area (TPSA) is 128 Å². The number of aromatic hydroxyl groups is 2. The van der Waals surface area contributed by atoms with E-state index in [-0.39, 0.29) is 39.4 Å². The summed E-state index contributed by atoms with van der Waals surface area (Å²) in [6.45, 7) is 9.90. The number of hydrogen-bond acceptors (Lipinski definition) is 8. The van der Waals surface area contributed by atoms with Crippen molar-refractivity contribution in [3.63, 3.8) is 0 Å². The fraction of sp³-hybridized carbons (Fsp3) is 0.385. The lowest BCUT2D eigenvalue weighted by atomic mass is 9.97. The molecule has 36 heavy (non-hydrogen) atoms. The molecule has 2 heterocycles. The van der Waals surface area contributed by atoms with Crippen molar-refractivity contribution in [1.82, 2.24) is 20.3 Å². The Hall–Kier alpha value is -3.11. The maximum atomic E-state index is 12.7. The van der Waals surface area contributed by atoms with Crippen molar-refractivity contribution in [1.29, 1.82) is 0 Å². The molecular weight excluding hydrogens is 482 g/mol. The van der Waals surface area contributed by atoms with Gasteiger partial charge in [-0.15, -0.1) is 0 Å². The zero-order valence-corrected chi connectivity index (χ0v) is 21.7. The number of likely N-dealkylation sites (N-methyl/N-ethyl adjacent to an activating group) is 1. The van der Waals surface area contributed by atoms with Crippen LogP contribution in [0.1, 0.15) is 29.9 Å². The molecule has 2 aromatic carbocycles.